The molecule has 1 aliphatic rings. The average molecular weight is 233 g/mol. The molecule has 2 rings (SSSR count). The molecule has 1 aromatic carbocycles. The molecule has 0 saturated carbocycles. The molecule has 0 bridgehead atoms. The Labute approximate surface area is 98.0 Å². The van der Waals surface area contributed by atoms with Gasteiger partial charge >= 0.3 is 12.1 Å². The number of para-hydroxylation sites is 1. The molecule has 1 amide bonds. The Morgan fingerprint density at radius 2 is 2.06 bits per heavy atom. The Balaban J connectivity index is 1.89. The van der Waals surface area contributed by atoms with E-state index in [9.17, 15) is 9.59 Å². The van der Waals surface area contributed by atoms with Crippen LogP contribution in [0.1, 0.15) is 6.92 Å². The first-order chi connectivity index (χ1) is 8.15. The molecule has 0 aromatic heterocycles. The average Bonchev–Trinajstić information content (AvgIpc) is 2.59. The largest absolute Gasteiger partial charge is 0.418 e. The van der Waals surface area contributed by atoms with Gasteiger partial charge in [0.1, 0.15) is 0 Å². The van der Waals surface area contributed by atoms with Crippen LogP contribution in [0.3, 0.4) is 0 Å². The van der Waals surface area contributed by atoms with Crippen LogP contribution < -0.4 is 5.32 Å². The van der Waals surface area contributed by atoms with Crippen LogP contribution in [-0.4, -0.2) is 18.4 Å². The molecule has 88 valence electrons. The van der Waals surface area contributed by atoms with E-state index in [0.29, 0.717) is 11.3 Å². The molecule has 0 radical (unpaired) electrons. The molecule has 5 heteroatoms. The van der Waals surface area contributed by atoms with E-state index in [2.05, 4.69) is 5.32 Å². The first-order valence-electron chi connectivity index (χ1n) is 5.07. The van der Waals surface area contributed by atoms with Crippen LogP contribution in [-0.2, 0) is 14.3 Å². The fraction of sp³-hybridized carbons (Fsp3) is 0.167. The van der Waals surface area contributed by atoms with E-state index in [4.69, 9.17) is 9.47 Å². The van der Waals surface area contributed by atoms with Crippen molar-refractivity contribution in [3.63, 3.8) is 0 Å². The standard InChI is InChI=1S/C12H11NO4/c1-8-7-10(16-11(8)14)17-12(15)13-9-5-3-2-4-6-9/h2-7,10H,1H3,(H,13,15). The molecule has 0 saturated heterocycles. The number of carbonyl (C=O) groups is 2. The van der Waals surface area contributed by atoms with E-state index in [1.165, 1.54) is 6.08 Å². The first-order valence-corrected chi connectivity index (χ1v) is 5.07. The van der Waals surface area contributed by atoms with Crippen molar-refractivity contribution in [3.05, 3.63) is 42.0 Å². The molecule has 1 N–H and O–H groups in total. The van der Waals surface area contributed by atoms with E-state index in [0.717, 1.165) is 0 Å². The van der Waals surface area contributed by atoms with Crippen molar-refractivity contribution >= 4 is 17.7 Å². The van der Waals surface area contributed by atoms with E-state index in [-0.39, 0.29) is 0 Å². The number of anilines is 1. The van der Waals surface area contributed by atoms with Gasteiger partial charge in [0.15, 0.2) is 0 Å². The summed E-state index contributed by atoms with van der Waals surface area (Å²) in [6.45, 7) is 1.60. The van der Waals surface area contributed by atoms with Gasteiger partial charge in [0, 0.05) is 17.3 Å². The molecule has 5 nitrogen and oxygen atoms in total. The summed E-state index contributed by atoms with van der Waals surface area (Å²) in [5, 5.41) is 2.52. The molecule has 1 aromatic rings. The van der Waals surface area contributed by atoms with E-state index >= 15 is 0 Å². The molecule has 1 aliphatic heterocycles. The highest BCUT2D eigenvalue weighted by atomic mass is 16.7. The molecule has 0 aliphatic carbocycles. The maximum absolute atomic E-state index is 11.4. The SMILES string of the molecule is CC1=CC(OC(=O)Nc2ccccc2)OC1=O. The van der Waals surface area contributed by atoms with Crippen molar-refractivity contribution < 1.29 is 19.1 Å². The predicted molar refractivity (Wildman–Crippen MR) is 60.2 cm³/mol. The summed E-state index contributed by atoms with van der Waals surface area (Å²) in [6, 6.07) is 8.86. The summed E-state index contributed by atoms with van der Waals surface area (Å²) in [7, 11) is 0. The lowest BCUT2D eigenvalue weighted by Crippen LogP contribution is -2.22. The Morgan fingerprint density at radius 1 is 1.35 bits per heavy atom. The second-order valence-corrected chi connectivity index (χ2v) is 3.52. The summed E-state index contributed by atoms with van der Waals surface area (Å²) in [5.41, 5.74) is 1.05. The number of ether oxygens (including phenoxy) is 2. The third kappa shape index (κ3) is 2.84. The van der Waals surface area contributed by atoms with Gasteiger partial charge in [0.25, 0.3) is 6.29 Å². The Hall–Kier alpha value is -2.30. The van der Waals surface area contributed by atoms with Crippen molar-refractivity contribution in [2.24, 2.45) is 0 Å². The fourth-order valence-electron chi connectivity index (χ4n) is 1.34. The number of esters is 1. The van der Waals surface area contributed by atoms with E-state index < -0.39 is 18.4 Å². The van der Waals surface area contributed by atoms with Gasteiger partial charge in [-0.05, 0) is 19.1 Å². The zero-order chi connectivity index (χ0) is 12.3. The highest BCUT2D eigenvalue weighted by Gasteiger charge is 2.25. The van der Waals surface area contributed by atoms with Gasteiger partial charge in [-0.3, -0.25) is 5.32 Å². The van der Waals surface area contributed by atoms with Gasteiger partial charge in [-0.25, -0.2) is 9.59 Å². The molecule has 1 atom stereocenters. The molecular weight excluding hydrogens is 222 g/mol. The fourth-order valence-corrected chi connectivity index (χ4v) is 1.34. The second kappa shape index (κ2) is 4.69. The predicted octanol–water partition coefficient (Wildman–Crippen LogP) is 2.06. The lowest BCUT2D eigenvalue weighted by atomic mass is 10.3. The number of hydrogen-bond donors (Lipinski definition) is 1. The number of hydrogen-bond acceptors (Lipinski definition) is 4. The molecule has 0 fully saturated rings. The summed E-state index contributed by atoms with van der Waals surface area (Å²) >= 11 is 0. The van der Waals surface area contributed by atoms with Gasteiger partial charge in [-0.2, -0.15) is 0 Å². The summed E-state index contributed by atoms with van der Waals surface area (Å²) < 4.78 is 9.65. The van der Waals surface area contributed by atoms with Crippen LogP contribution in [0, 0.1) is 0 Å². The lowest BCUT2D eigenvalue weighted by Gasteiger charge is -2.10. The van der Waals surface area contributed by atoms with Gasteiger partial charge in [0.05, 0.1) is 0 Å². The van der Waals surface area contributed by atoms with Crippen LogP contribution >= 0.6 is 0 Å². The summed E-state index contributed by atoms with van der Waals surface area (Å²) in [5.74, 6) is -0.470. The van der Waals surface area contributed by atoms with Crippen LogP contribution in [0.25, 0.3) is 0 Å². The Kier molecular flexibility index (Phi) is 3.09. The summed E-state index contributed by atoms with van der Waals surface area (Å²) in [6.07, 6.45) is -0.154. The molecule has 1 unspecified atom stereocenters. The monoisotopic (exact) mass is 233 g/mol. The minimum Gasteiger partial charge on any atom is -0.418 e. The number of benzene rings is 1. The van der Waals surface area contributed by atoms with Crippen LogP contribution in [0.5, 0.6) is 0 Å². The second-order valence-electron chi connectivity index (χ2n) is 3.52. The minimum atomic E-state index is -0.939. The molecule has 1 heterocycles. The van der Waals surface area contributed by atoms with Crippen molar-refractivity contribution in [1.82, 2.24) is 0 Å². The first kappa shape index (κ1) is 11.2. The zero-order valence-electron chi connectivity index (χ0n) is 9.17. The number of rotatable bonds is 2. The van der Waals surface area contributed by atoms with Crippen molar-refractivity contribution in [2.75, 3.05) is 5.32 Å². The minimum absolute atomic E-state index is 0.433. The topological polar surface area (TPSA) is 64.6 Å². The molecule has 17 heavy (non-hydrogen) atoms. The number of amides is 1. The van der Waals surface area contributed by atoms with Crippen LogP contribution in [0.4, 0.5) is 10.5 Å². The number of cyclic esters (lactones) is 1. The highest BCUT2D eigenvalue weighted by Crippen LogP contribution is 2.15. The zero-order valence-corrected chi connectivity index (χ0v) is 9.17. The van der Waals surface area contributed by atoms with Crippen molar-refractivity contribution in [1.29, 1.82) is 0 Å². The van der Waals surface area contributed by atoms with E-state index in [1.54, 1.807) is 31.2 Å². The molecular formula is C12H11NO4. The third-order valence-corrected chi connectivity index (χ3v) is 2.17. The number of nitrogens with one attached hydrogen (secondary N) is 1. The van der Waals surface area contributed by atoms with Crippen LogP contribution in [0.15, 0.2) is 42.0 Å². The van der Waals surface area contributed by atoms with Crippen LogP contribution in [0.2, 0.25) is 0 Å². The maximum atomic E-state index is 11.4. The van der Waals surface area contributed by atoms with Gasteiger partial charge in [-0.15, -0.1) is 0 Å². The molecule has 0 spiro atoms. The van der Waals surface area contributed by atoms with E-state index in [1.807, 2.05) is 6.07 Å². The number of carbonyl (C=O) groups excluding carboxylic acids is 2. The normalized spacial score (nSPS) is 18.3. The van der Waals surface area contributed by atoms with Gasteiger partial charge < -0.3 is 9.47 Å². The third-order valence-electron chi connectivity index (χ3n) is 2.17. The summed E-state index contributed by atoms with van der Waals surface area (Å²) in [4.78, 5) is 22.4. The van der Waals surface area contributed by atoms with Crippen molar-refractivity contribution in [2.45, 2.75) is 13.2 Å². The van der Waals surface area contributed by atoms with Gasteiger partial charge in [-0.1, -0.05) is 18.2 Å². The Bertz CT molecular complexity index is 467. The lowest BCUT2D eigenvalue weighted by molar-refractivity contribution is -0.150. The van der Waals surface area contributed by atoms with Gasteiger partial charge in [0.2, 0.25) is 0 Å². The smallest absolute Gasteiger partial charge is 0.414 e. The highest BCUT2D eigenvalue weighted by molar-refractivity contribution is 5.90. The van der Waals surface area contributed by atoms with Crippen molar-refractivity contribution in [3.8, 4) is 0 Å². The Morgan fingerprint density at radius 3 is 2.65 bits per heavy atom. The maximum Gasteiger partial charge on any atom is 0.414 e. The quantitative estimate of drug-likeness (QED) is 0.794.